The lowest BCUT2D eigenvalue weighted by Gasteiger charge is -2.28. The van der Waals surface area contributed by atoms with Crippen molar-refractivity contribution in [3.63, 3.8) is 0 Å². The molecule has 4 nitrogen and oxygen atoms in total. The summed E-state index contributed by atoms with van der Waals surface area (Å²) in [5.41, 5.74) is -0.865. The van der Waals surface area contributed by atoms with Crippen LogP contribution in [-0.2, 0) is 0 Å². The van der Waals surface area contributed by atoms with Crippen LogP contribution in [0.15, 0.2) is 28.2 Å². The number of hydrogen-bond donors (Lipinski definition) is 1. The number of carbonyl (C=O) groups is 1. The fraction of sp³-hybridized carbons (Fsp3) is 0.333. The molecule has 1 aliphatic rings. The van der Waals surface area contributed by atoms with Crippen molar-refractivity contribution in [1.29, 1.82) is 0 Å². The molecule has 0 saturated carbocycles. The maximum absolute atomic E-state index is 12.6. The highest BCUT2D eigenvalue weighted by Gasteiger charge is 2.43. The van der Waals surface area contributed by atoms with Gasteiger partial charge in [0.05, 0.1) is 5.57 Å². The Morgan fingerprint density at radius 2 is 2.24 bits per heavy atom. The van der Waals surface area contributed by atoms with Crippen LogP contribution in [0.3, 0.4) is 0 Å². The number of nitrogens with zero attached hydrogens (tertiary/aromatic N) is 1. The second-order valence-corrected chi connectivity index (χ2v) is 6.23. The van der Waals surface area contributed by atoms with Crippen LogP contribution in [0.5, 0.6) is 5.75 Å². The Labute approximate surface area is 126 Å². The van der Waals surface area contributed by atoms with Crippen LogP contribution >= 0.6 is 22.9 Å². The number of aromatic carboxylic acids is 1. The Bertz CT molecular complexity index is 634. The third kappa shape index (κ3) is 3.38. The quantitative estimate of drug-likeness (QED) is 0.826. The van der Waals surface area contributed by atoms with E-state index in [1.807, 2.05) is 0 Å². The second kappa shape index (κ2) is 5.34. The molecular formula is C12H9ClF3NO3S. The average Bonchev–Trinajstić information content (AvgIpc) is 2.78. The van der Waals surface area contributed by atoms with E-state index in [1.165, 1.54) is 18.4 Å². The van der Waals surface area contributed by atoms with Crippen molar-refractivity contribution in [2.45, 2.75) is 24.4 Å². The van der Waals surface area contributed by atoms with Crippen molar-refractivity contribution >= 4 is 34.8 Å². The third-order valence-corrected chi connectivity index (χ3v) is 3.88. The number of alkyl halides is 4. The summed E-state index contributed by atoms with van der Waals surface area (Å²) in [6.07, 6.45) is -4.38. The zero-order valence-corrected chi connectivity index (χ0v) is 12.1. The van der Waals surface area contributed by atoms with Crippen LogP contribution < -0.4 is 4.74 Å². The molecule has 9 heteroatoms. The topological polar surface area (TPSA) is 58.9 Å². The Morgan fingerprint density at radius 1 is 1.57 bits per heavy atom. The van der Waals surface area contributed by atoms with Crippen LogP contribution in [0.25, 0.3) is 0 Å². The van der Waals surface area contributed by atoms with Gasteiger partial charge in [-0.15, -0.1) is 22.9 Å². The van der Waals surface area contributed by atoms with Crippen molar-refractivity contribution in [3.8, 4) is 5.75 Å². The van der Waals surface area contributed by atoms with Gasteiger partial charge in [-0.3, -0.25) is 0 Å². The SMILES string of the molecule is CC1(Cl)CC(C(F)(F)F)=CN=C1Oc1ccsc1C(=O)O. The van der Waals surface area contributed by atoms with Crippen molar-refractivity contribution < 1.29 is 27.8 Å². The predicted octanol–water partition coefficient (Wildman–Crippen LogP) is 4.07. The molecule has 0 aromatic carbocycles. The first-order chi connectivity index (χ1) is 9.61. The summed E-state index contributed by atoms with van der Waals surface area (Å²) in [5.74, 6) is -1.36. The third-order valence-electron chi connectivity index (χ3n) is 2.70. The van der Waals surface area contributed by atoms with E-state index in [9.17, 15) is 18.0 Å². The van der Waals surface area contributed by atoms with Crippen molar-refractivity contribution in [2.75, 3.05) is 0 Å². The van der Waals surface area contributed by atoms with Crippen LogP contribution in [0.4, 0.5) is 13.2 Å². The Balaban J connectivity index is 2.31. The average molecular weight is 340 g/mol. The molecule has 0 amide bonds. The van der Waals surface area contributed by atoms with Gasteiger partial charge in [-0.25, -0.2) is 9.79 Å². The maximum atomic E-state index is 12.6. The minimum atomic E-state index is -4.51. The fourth-order valence-corrected chi connectivity index (χ4v) is 2.58. The van der Waals surface area contributed by atoms with Gasteiger partial charge in [0.15, 0.2) is 10.6 Å². The highest BCUT2D eigenvalue weighted by molar-refractivity contribution is 7.12. The number of hydrogen-bond acceptors (Lipinski definition) is 4. The van der Waals surface area contributed by atoms with E-state index in [0.29, 0.717) is 6.20 Å². The minimum Gasteiger partial charge on any atom is -0.477 e. The normalized spacial score (nSPS) is 22.5. The van der Waals surface area contributed by atoms with Crippen molar-refractivity contribution in [1.82, 2.24) is 0 Å². The van der Waals surface area contributed by atoms with E-state index in [1.54, 1.807) is 0 Å². The summed E-state index contributed by atoms with van der Waals surface area (Å²) in [4.78, 5) is 13.0. The first-order valence-electron chi connectivity index (χ1n) is 5.63. The summed E-state index contributed by atoms with van der Waals surface area (Å²) in [6, 6.07) is 1.40. The molecule has 1 unspecified atom stereocenters. The smallest absolute Gasteiger partial charge is 0.414 e. The number of carboxylic acid groups (broad SMARTS) is 1. The lowest BCUT2D eigenvalue weighted by atomic mass is 9.98. The molecule has 0 fully saturated rings. The van der Waals surface area contributed by atoms with Gasteiger partial charge in [-0.05, 0) is 18.4 Å². The molecule has 0 bridgehead atoms. The molecule has 1 N–H and O–H groups in total. The molecule has 1 aromatic heterocycles. The summed E-state index contributed by atoms with van der Waals surface area (Å²) in [5, 5.41) is 10.5. The van der Waals surface area contributed by atoms with Crippen molar-refractivity contribution in [3.05, 3.63) is 28.1 Å². The molecule has 2 rings (SSSR count). The highest BCUT2D eigenvalue weighted by Crippen LogP contribution is 2.39. The number of carboxylic acids is 1. The van der Waals surface area contributed by atoms with E-state index in [-0.39, 0.29) is 16.5 Å². The second-order valence-electron chi connectivity index (χ2n) is 4.48. The molecule has 1 atom stereocenters. The molecular weight excluding hydrogens is 331 g/mol. The van der Waals surface area contributed by atoms with Crippen molar-refractivity contribution in [2.24, 2.45) is 4.99 Å². The number of rotatable bonds is 2. The number of ether oxygens (including phenoxy) is 1. The van der Waals surface area contributed by atoms with Gasteiger partial charge in [0.1, 0.15) is 4.87 Å². The number of allylic oxidation sites excluding steroid dienone is 1. The maximum Gasteiger partial charge on any atom is 0.414 e. The molecule has 0 saturated heterocycles. The molecule has 0 aliphatic carbocycles. The number of thiophene rings is 1. The molecule has 2 heterocycles. The summed E-state index contributed by atoms with van der Waals surface area (Å²) in [7, 11) is 0. The van der Waals surface area contributed by atoms with E-state index in [0.717, 1.165) is 11.3 Å². The van der Waals surface area contributed by atoms with Gasteiger partial charge >= 0.3 is 12.1 Å². The van der Waals surface area contributed by atoms with E-state index in [2.05, 4.69) is 4.99 Å². The Hall–Kier alpha value is -1.54. The van der Waals surface area contributed by atoms with Crippen LogP contribution in [0.1, 0.15) is 23.0 Å². The van der Waals surface area contributed by atoms with E-state index in [4.69, 9.17) is 21.4 Å². The minimum absolute atomic E-state index is 0.00184. The number of halogens is 4. The lowest BCUT2D eigenvalue weighted by Crippen LogP contribution is -2.38. The van der Waals surface area contributed by atoms with Gasteiger partial charge in [0.2, 0.25) is 5.90 Å². The Morgan fingerprint density at radius 3 is 2.76 bits per heavy atom. The van der Waals surface area contributed by atoms with Gasteiger partial charge in [-0.2, -0.15) is 13.2 Å². The van der Waals surface area contributed by atoms with E-state index < -0.39 is 29.0 Å². The van der Waals surface area contributed by atoms with Gasteiger partial charge in [0.25, 0.3) is 0 Å². The molecule has 114 valence electrons. The molecule has 0 spiro atoms. The summed E-state index contributed by atoms with van der Waals surface area (Å²) in [6.45, 7) is 1.33. The molecule has 1 aliphatic heterocycles. The first kappa shape index (κ1) is 15.8. The summed E-state index contributed by atoms with van der Waals surface area (Å²) >= 11 is 6.98. The summed E-state index contributed by atoms with van der Waals surface area (Å²) < 4.78 is 43.2. The van der Waals surface area contributed by atoms with Crippen LogP contribution in [-0.4, -0.2) is 28.0 Å². The first-order valence-corrected chi connectivity index (χ1v) is 6.89. The van der Waals surface area contributed by atoms with Crippen LogP contribution in [0, 0.1) is 0 Å². The lowest BCUT2D eigenvalue weighted by molar-refractivity contribution is -0.0948. The van der Waals surface area contributed by atoms with Gasteiger partial charge < -0.3 is 9.84 Å². The standard InChI is InChI=1S/C12H9ClF3NO3S/c1-11(13)4-6(12(14,15)16)5-17-10(11)20-7-2-3-21-8(7)9(18)19/h2-3,5H,4H2,1H3,(H,18,19). The van der Waals surface area contributed by atoms with E-state index >= 15 is 0 Å². The monoisotopic (exact) mass is 339 g/mol. The molecule has 21 heavy (non-hydrogen) atoms. The highest BCUT2D eigenvalue weighted by atomic mass is 35.5. The molecule has 0 radical (unpaired) electrons. The van der Waals surface area contributed by atoms with Crippen LogP contribution in [0.2, 0.25) is 0 Å². The molecule has 1 aromatic rings. The predicted molar refractivity (Wildman–Crippen MR) is 72.4 cm³/mol. The zero-order valence-electron chi connectivity index (χ0n) is 10.6. The zero-order chi connectivity index (χ0) is 15.8. The van der Waals surface area contributed by atoms with Gasteiger partial charge in [0, 0.05) is 12.6 Å². The Kier molecular flexibility index (Phi) is 4.03. The fourth-order valence-electron chi connectivity index (χ4n) is 1.69. The largest absolute Gasteiger partial charge is 0.477 e. The van der Waals surface area contributed by atoms with Gasteiger partial charge in [-0.1, -0.05) is 0 Å². The number of aliphatic imine (C=N–C) groups is 1.